The van der Waals surface area contributed by atoms with Gasteiger partial charge in [-0.15, -0.1) is 0 Å². The van der Waals surface area contributed by atoms with Gasteiger partial charge in [0.25, 0.3) is 5.91 Å². The van der Waals surface area contributed by atoms with Gasteiger partial charge in [0.2, 0.25) is 0 Å². The molecule has 1 aromatic heterocycles. The van der Waals surface area contributed by atoms with Crippen molar-refractivity contribution in [3.8, 4) is 0 Å². The molecule has 0 spiro atoms. The number of nitrogens with one attached hydrogen (secondary N) is 2. The van der Waals surface area contributed by atoms with Crippen LogP contribution in [-0.2, 0) is 0 Å². The standard InChI is InChI=1S/C13H20N4O/c1-3-4-7-14-13(18)11-8-12(16-9(2)15-11)17-10-5-6-10/h8,10H,3-7H2,1-2H3,(H,14,18)(H,15,16,17). The van der Waals surface area contributed by atoms with Gasteiger partial charge in [0.1, 0.15) is 17.3 Å². The highest BCUT2D eigenvalue weighted by Gasteiger charge is 2.22. The van der Waals surface area contributed by atoms with Crippen LogP contribution < -0.4 is 10.6 Å². The van der Waals surface area contributed by atoms with Gasteiger partial charge in [0.05, 0.1) is 0 Å². The summed E-state index contributed by atoms with van der Waals surface area (Å²) in [6.45, 7) is 4.60. The van der Waals surface area contributed by atoms with Crippen LogP contribution in [0.1, 0.15) is 48.9 Å². The first-order chi connectivity index (χ1) is 8.69. The van der Waals surface area contributed by atoms with Crippen LogP contribution in [-0.4, -0.2) is 28.5 Å². The molecule has 0 saturated heterocycles. The van der Waals surface area contributed by atoms with E-state index in [1.165, 1.54) is 12.8 Å². The first-order valence-electron chi connectivity index (χ1n) is 6.59. The lowest BCUT2D eigenvalue weighted by Crippen LogP contribution is -2.26. The van der Waals surface area contributed by atoms with Crippen molar-refractivity contribution in [1.82, 2.24) is 15.3 Å². The maximum atomic E-state index is 11.9. The summed E-state index contributed by atoms with van der Waals surface area (Å²) in [6, 6.07) is 2.25. The Morgan fingerprint density at radius 3 is 2.89 bits per heavy atom. The molecule has 1 heterocycles. The number of hydrogen-bond acceptors (Lipinski definition) is 4. The minimum Gasteiger partial charge on any atom is -0.367 e. The Morgan fingerprint density at radius 2 is 2.22 bits per heavy atom. The molecule has 0 unspecified atom stereocenters. The highest BCUT2D eigenvalue weighted by Crippen LogP contribution is 2.23. The van der Waals surface area contributed by atoms with E-state index in [-0.39, 0.29) is 5.91 Å². The van der Waals surface area contributed by atoms with Gasteiger partial charge in [-0.3, -0.25) is 4.79 Å². The lowest BCUT2D eigenvalue weighted by molar-refractivity contribution is 0.0948. The van der Waals surface area contributed by atoms with E-state index in [4.69, 9.17) is 0 Å². The number of carbonyl (C=O) groups excluding carboxylic acids is 1. The van der Waals surface area contributed by atoms with E-state index in [1.807, 2.05) is 0 Å². The van der Waals surface area contributed by atoms with E-state index >= 15 is 0 Å². The largest absolute Gasteiger partial charge is 0.367 e. The molecule has 1 fully saturated rings. The maximum absolute atomic E-state index is 11.9. The molecule has 0 radical (unpaired) electrons. The fourth-order valence-electron chi connectivity index (χ4n) is 1.66. The van der Waals surface area contributed by atoms with Crippen LogP contribution in [0.5, 0.6) is 0 Å². The number of aryl methyl sites for hydroxylation is 1. The predicted octanol–water partition coefficient (Wildman–Crippen LogP) is 1.89. The Balaban J connectivity index is 2.01. The van der Waals surface area contributed by atoms with Gasteiger partial charge in [-0.25, -0.2) is 9.97 Å². The first-order valence-corrected chi connectivity index (χ1v) is 6.59. The number of unbranched alkanes of at least 4 members (excludes halogenated alkanes) is 1. The molecular weight excluding hydrogens is 228 g/mol. The van der Waals surface area contributed by atoms with Crippen LogP contribution >= 0.6 is 0 Å². The SMILES string of the molecule is CCCCNC(=O)c1cc(NC2CC2)nc(C)n1. The van der Waals surface area contributed by atoms with Gasteiger partial charge in [-0.05, 0) is 26.2 Å². The van der Waals surface area contributed by atoms with Crippen molar-refractivity contribution < 1.29 is 4.79 Å². The van der Waals surface area contributed by atoms with Crippen LogP contribution in [0.2, 0.25) is 0 Å². The second kappa shape index (κ2) is 5.80. The number of amides is 1. The summed E-state index contributed by atoms with van der Waals surface area (Å²) < 4.78 is 0. The molecule has 1 aliphatic rings. The van der Waals surface area contributed by atoms with Gasteiger partial charge >= 0.3 is 0 Å². The third-order valence-electron chi connectivity index (χ3n) is 2.82. The van der Waals surface area contributed by atoms with Crippen molar-refractivity contribution in [2.75, 3.05) is 11.9 Å². The molecule has 5 heteroatoms. The lowest BCUT2D eigenvalue weighted by Gasteiger charge is -2.08. The van der Waals surface area contributed by atoms with E-state index in [0.29, 0.717) is 24.1 Å². The summed E-state index contributed by atoms with van der Waals surface area (Å²) in [7, 11) is 0. The topological polar surface area (TPSA) is 66.9 Å². The zero-order valence-corrected chi connectivity index (χ0v) is 11.0. The van der Waals surface area contributed by atoms with Gasteiger partial charge in [0, 0.05) is 18.7 Å². The fourth-order valence-corrected chi connectivity index (χ4v) is 1.66. The van der Waals surface area contributed by atoms with Crippen molar-refractivity contribution in [3.05, 3.63) is 17.6 Å². The molecular formula is C13H20N4O. The highest BCUT2D eigenvalue weighted by atomic mass is 16.1. The number of anilines is 1. The molecule has 98 valence electrons. The minimum absolute atomic E-state index is 0.118. The molecule has 18 heavy (non-hydrogen) atoms. The molecule has 1 aliphatic carbocycles. The van der Waals surface area contributed by atoms with Crippen LogP contribution in [0.4, 0.5) is 5.82 Å². The van der Waals surface area contributed by atoms with Crippen molar-refractivity contribution in [2.45, 2.75) is 45.6 Å². The number of carbonyl (C=O) groups is 1. The normalized spacial score (nSPS) is 14.3. The Morgan fingerprint density at radius 1 is 1.44 bits per heavy atom. The van der Waals surface area contributed by atoms with Crippen LogP contribution in [0.25, 0.3) is 0 Å². The quantitative estimate of drug-likeness (QED) is 0.754. The molecule has 5 nitrogen and oxygen atoms in total. The van der Waals surface area contributed by atoms with E-state index in [0.717, 1.165) is 18.7 Å². The summed E-state index contributed by atoms with van der Waals surface area (Å²) in [5.41, 5.74) is 0.446. The van der Waals surface area contributed by atoms with Gasteiger partial charge in [-0.1, -0.05) is 13.3 Å². The summed E-state index contributed by atoms with van der Waals surface area (Å²) in [6.07, 6.45) is 4.42. The maximum Gasteiger partial charge on any atom is 0.270 e. The molecule has 0 bridgehead atoms. The molecule has 1 amide bonds. The van der Waals surface area contributed by atoms with Gasteiger partial charge < -0.3 is 10.6 Å². The van der Waals surface area contributed by atoms with E-state index in [1.54, 1.807) is 13.0 Å². The Bertz CT molecular complexity index is 429. The third kappa shape index (κ3) is 3.68. The Kier molecular flexibility index (Phi) is 4.12. The number of rotatable bonds is 6. The minimum atomic E-state index is -0.118. The van der Waals surface area contributed by atoms with E-state index < -0.39 is 0 Å². The number of nitrogens with zero attached hydrogens (tertiary/aromatic N) is 2. The first kappa shape index (κ1) is 12.8. The smallest absolute Gasteiger partial charge is 0.270 e. The van der Waals surface area contributed by atoms with E-state index in [9.17, 15) is 4.79 Å². The zero-order chi connectivity index (χ0) is 13.0. The molecule has 2 N–H and O–H groups in total. The van der Waals surface area contributed by atoms with Crippen molar-refractivity contribution in [1.29, 1.82) is 0 Å². The Labute approximate surface area is 107 Å². The molecule has 1 aromatic rings. The average Bonchev–Trinajstić information content (AvgIpc) is 3.12. The van der Waals surface area contributed by atoms with Crippen molar-refractivity contribution in [2.24, 2.45) is 0 Å². The van der Waals surface area contributed by atoms with Crippen molar-refractivity contribution >= 4 is 11.7 Å². The second-order valence-electron chi connectivity index (χ2n) is 4.71. The summed E-state index contributed by atoms with van der Waals surface area (Å²) in [5.74, 6) is 1.26. The lowest BCUT2D eigenvalue weighted by atomic mass is 10.3. The van der Waals surface area contributed by atoms with Gasteiger partial charge in [-0.2, -0.15) is 0 Å². The van der Waals surface area contributed by atoms with Gasteiger partial charge in [0.15, 0.2) is 0 Å². The van der Waals surface area contributed by atoms with Crippen LogP contribution in [0.3, 0.4) is 0 Å². The zero-order valence-electron chi connectivity index (χ0n) is 11.0. The second-order valence-corrected chi connectivity index (χ2v) is 4.71. The van der Waals surface area contributed by atoms with E-state index in [2.05, 4.69) is 27.5 Å². The fraction of sp³-hybridized carbons (Fsp3) is 0.615. The van der Waals surface area contributed by atoms with Crippen molar-refractivity contribution in [3.63, 3.8) is 0 Å². The summed E-state index contributed by atoms with van der Waals surface area (Å²) >= 11 is 0. The summed E-state index contributed by atoms with van der Waals surface area (Å²) in [5, 5.41) is 6.15. The van der Waals surface area contributed by atoms with Crippen LogP contribution in [0.15, 0.2) is 6.07 Å². The molecule has 0 atom stereocenters. The molecule has 0 aliphatic heterocycles. The summed E-state index contributed by atoms with van der Waals surface area (Å²) in [4.78, 5) is 20.4. The van der Waals surface area contributed by atoms with Crippen LogP contribution in [0, 0.1) is 6.92 Å². The molecule has 1 saturated carbocycles. The number of aromatic nitrogens is 2. The number of hydrogen-bond donors (Lipinski definition) is 2. The Hall–Kier alpha value is -1.65. The monoisotopic (exact) mass is 248 g/mol. The average molecular weight is 248 g/mol. The third-order valence-corrected chi connectivity index (χ3v) is 2.82. The molecule has 0 aromatic carbocycles. The highest BCUT2D eigenvalue weighted by molar-refractivity contribution is 5.92. The molecule has 2 rings (SSSR count). The predicted molar refractivity (Wildman–Crippen MR) is 70.7 cm³/mol.